The van der Waals surface area contributed by atoms with Crippen molar-refractivity contribution in [2.45, 2.75) is 65.3 Å². The van der Waals surface area contributed by atoms with Gasteiger partial charge in [-0.25, -0.2) is 0 Å². The Labute approximate surface area is 112 Å². The number of rotatable bonds is 6. The van der Waals surface area contributed by atoms with Gasteiger partial charge in [-0.1, -0.05) is 19.8 Å². The first-order valence-corrected chi connectivity index (χ1v) is 7.68. The van der Waals surface area contributed by atoms with E-state index in [1.54, 1.807) is 0 Å². The Balaban J connectivity index is 2.18. The minimum atomic E-state index is 0.287. The zero-order valence-corrected chi connectivity index (χ0v) is 12.4. The molecule has 1 fully saturated rings. The molecule has 0 aliphatic heterocycles. The Morgan fingerprint density at radius 1 is 1.17 bits per heavy atom. The normalized spacial score (nSPS) is 24.6. The number of carbonyl (C=O) groups excluding carboxylic acids is 1. The second kappa shape index (κ2) is 8.52. The molecule has 0 saturated heterocycles. The number of nitrogens with one attached hydrogen (secondary N) is 1. The lowest BCUT2D eigenvalue weighted by Crippen LogP contribution is -2.35. The van der Waals surface area contributed by atoms with Gasteiger partial charge in [0.05, 0.1) is 0 Å². The number of hydrogen-bond donors (Lipinski definition) is 1. The Morgan fingerprint density at radius 2 is 1.89 bits per heavy atom. The summed E-state index contributed by atoms with van der Waals surface area (Å²) in [7, 11) is 0. The minimum Gasteiger partial charge on any atom is -0.343 e. The van der Waals surface area contributed by atoms with Gasteiger partial charge in [0.2, 0.25) is 5.91 Å². The van der Waals surface area contributed by atoms with Gasteiger partial charge in [0.15, 0.2) is 0 Å². The van der Waals surface area contributed by atoms with Crippen LogP contribution in [0.1, 0.15) is 59.3 Å². The Kier molecular flexibility index (Phi) is 7.33. The van der Waals surface area contributed by atoms with Crippen molar-refractivity contribution in [3.8, 4) is 0 Å². The van der Waals surface area contributed by atoms with Crippen molar-refractivity contribution in [3.63, 3.8) is 0 Å². The number of amides is 1. The van der Waals surface area contributed by atoms with Crippen LogP contribution in [0.5, 0.6) is 0 Å². The lowest BCUT2D eigenvalue weighted by Gasteiger charge is -2.20. The molecule has 0 radical (unpaired) electrons. The third-order valence-corrected chi connectivity index (χ3v) is 4.15. The molecule has 1 aliphatic carbocycles. The fraction of sp³-hybridized carbons (Fsp3) is 0.933. The van der Waals surface area contributed by atoms with Gasteiger partial charge in [-0.15, -0.1) is 0 Å². The summed E-state index contributed by atoms with van der Waals surface area (Å²) < 4.78 is 0. The molecule has 106 valence electrons. The van der Waals surface area contributed by atoms with E-state index in [0.29, 0.717) is 12.5 Å². The highest BCUT2D eigenvalue weighted by molar-refractivity contribution is 5.76. The maximum Gasteiger partial charge on any atom is 0.223 e. The van der Waals surface area contributed by atoms with E-state index >= 15 is 0 Å². The summed E-state index contributed by atoms with van der Waals surface area (Å²) in [6, 6.07) is 0.638. The van der Waals surface area contributed by atoms with Crippen LogP contribution in [0.2, 0.25) is 0 Å². The van der Waals surface area contributed by atoms with Crippen molar-refractivity contribution in [2.75, 3.05) is 19.6 Å². The van der Waals surface area contributed by atoms with Gasteiger partial charge < -0.3 is 10.2 Å². The molecule has 1 aliphatic rings. The highest BCUT2D eigenvalue weighted by atomic mass is 16.2. The van der Waals surface area contributed by atoms with Crippen molar-refractivity contribution in [3.05, 3.63) is 0 Å². The second-order valence-corrected chi connectivity index (χ2v) is 5.58. The smallest absolute Gasteiger partial charge is 0.223 e. The summed E-state index contributed by atoms with van der Waals surface area (Å²) in [5, 5.41) is 3.57. The lowest BCUT2D eigenvalue weighted by molar-refractivity contribution is -0.130. The zero-order chi connectivity index (χ0) is 13.4. The molecule has 0 spiro atoms. The zero-order valence-electron chi connectivity index (χ0n) is 12.4. The number of nitrogens with zero attached hydrogens (tertiary/aromatic N) is 1. The fourth-order valence-electron chi connectivity index (χ4n) is 2.81. The fourth-order valence-corrected chi connectivity index (χ4v) is 2.81. The first kappa shape index (κ1) is 15.5. The molecular formula is C15H30N2O. The molecule has 0 bridgehead atoms. The van der Waals surface area contributed by atoms with E-state index in [1.165, 1.54) is 32.1 Å². The maximum absolute atomic E-state index is 11.9. The lowest BCUT2D eigenvalue weighted by atomic mass is 10.0. The van der Waals surface area contributed by atoms with Gasteiger partial charge in [0.1, 0.15) is 0 Å². The Bertz CT molecular complexity index is 239. The quantitative estimate of drug-likeness (QED) is 0.739. The second-order valence-electron chi connectivity index (χ2n) is 5.58. The van der Waals surface area contributed by atoms with Crippen LogP contribution in [0.3, 0.4) is 0 Å². The van der Waals surface area contributed by atoms with E-state index in [0.717, 1.165) is 25.6 Å². The average molecular weight is 254 g/mol. The molecule has 1 rings (SSSR count). The van der Waals surface area contributed by atoms with Crippen LogP contribution in [0.25, 0.3) is 0 Å². The van der Waals surface area contributed by atoms with Gasteiger partial charge in [-0.05, 0) is 39.0 Å². The van der Waals surface area contributed by atoms with Crippen LogP contribution < -0.4 is 5.32 Å². The standard InChI is InChI=1S/C15H30N2O/c1-4-17(5-2)15(18)11-12-16-14-8-6-7-13(3)9-10-14/h13-14,16H,4-12H2,1-3H3. The first-order chi connectivity index (χ1) is 8.67. The topological polar surface area (TPSA) is 32.3 Å². The van der Waals surface area contributed by atoms with Crippen LogP contribution in [-0.2, 0) is 4.79 Å². The van der Waals surface area contributed by atoms with Crippen LogP contribution >= 0.6 is 0 Å². The molecule has 1 saturated carbocycles. The number of hydrogen-bond acceptors (Lipinski definition) is 2. The maximum atomic E-state index is 11.9. The van der Waals surface area contributed by atoms with Crippen LogP contribution in [-0.4, -0.2) is 36.5 Å². The van der Waals surface area contributed by atoms with Gasteiger partial charge in [0.25, 0.3) is 0 Å². The van der Waals surface area contributed by atoms with E-state index in [1.807, 2.05) is 18.7 Å². The summed E-state index contributed by atoms with van der Waals surface area (Å²) in [6.45, 7) is 8.94. The predicted octanol–water partition coefficient (Wildman–Crippen LogP) is 2.80. The molecule has 0 heterocycles. The first-order valence-electron chi connectivity index (χ1n) is 7.68. The Hall–Kier alpha value is -0.570. The summed E-state index contributed by atoms with van der Waals surface area (Å²) in [5.74, 6) is 1.17. The van der Waals surface area contributed by atoms with Crippen molar-refractivity contribution < 1.29 is 4.79 Å². The van der Waals surface area contributed by atoms with Gasteiger partial charge in [0, 0.05) is 32.1 Å². The third kappa shape index (κ3) is 5.38. The van der Waals surface area contributed by atoms with Gasteiger partial charge in [-0.3, -0.25) is 4.79 Å². The van der Waals surface area contributed by atoms with E-state index < -0.39 is 0 Å². The van der Waals surface area contributed by atoms with Crippen molar-refractivity contribution >= 4 is 5.91 Å². The molecule has 2 atom stereocenters. The van der Waals surface area contributed by atoms with E-state index in [-0.39, 0.29) is 5.91 Å². The summed E-state index contributed by atoms with van der Waals surface area (Å²) in [4.78, 5) is 13.8. The van der Waals surface area contributed by atoms with Crippen LogP contribution in [0.15, 0.2) is 0 Å². The van der Waals surface area contributed by atoms with Gasteiger partial charge in [-0.2, -0.15) is 0 Å². The van der Waals surface area contributed by atoms with Crippen LogP contribution in [0, 0.1) is 5.92 Å². The van der Waals surface area contributed by atoms with E-state index in [2.05, 4.69) is 12.2 Å². The molecule has 1 N–H and O–H groups in total. The third-order valence-electron chi connectivity index (χ3n) is 4.15. The molecule has 18 heavy (non-hydrogen) atoms. The molecular weight excluding hydrogens is 224 g/mol. The number of carbonyl (C=O) groups is 1. The Morgan fingerprint density at radius 3 is 2.56 bits per heavy atom. The monoisotopic (exact) mass is 254 g/mol. The van der Waals surface area contributed by atoms with E-state index in [9.17, 15) is 4.79 Å². The van der Waals surface area contributed by atoms with Crippen molar-refractivity contribution in [1.29, 1.82) is 0 Å². The van der Waals surface area contributed by atoms with E-state index in [4.69, 9.17) is 0 Å². The predicted molar refractivity (Wildman–Crippen MR) is 76.6 cm³/mol. The van der Waals surface area contributed by atoms with Crippen molar-refractivity contribution in [2.24, 2.45) is 5.92 Å². The highest BCUT2D eigenvalue weighted by Crippen LogP contribution is 2.22. The highest BCUT2D eigenvalue weighted by Gasteiger charge is 2.16. The molecule has 3 nitrogen and oxygen atoms in total. The average Bonchev–Trinajstić information content (AvgIpc) is 2.56. The van der Waals surface area contributed by atoms with Crippen molar-refractivity contribution in [1.82, 2.24) is 10.2 Å². The minimum absolute atomic E-state index is 0.287. The van der Waals surface area contributed by atoms with Crippen LogP contribution in [0.4, 0.5) is 0 Å². The molecule has 0 aromatic heterocycles. The molecule has 0 aromatic carbocycles. The summed E-state index contributed by atoms with van der Waals surface area (Å²) >= 11 is 0. The SMILES string of the molecule is CCN(CC)C(=O)CCNC1CCCC(C)CC1. The molecule has 3 heteroatoms. The largest absolute Gasteiger partial charge is 0.343 e. The van der Waals surface area contributed by atoms with Gasteiger partial charge >= 0.3 is 0 Å². The molecule has 2 unspecified atom stereocenters. The summed E-state index contributed by atoms with van der Waals surface area (Å²) in [6.07, 6.45) is 7.25. The molecule has 1 amide bonds. The molecule has 0 aromatic rings. The summed E-state index contributed by atoms with van der Waals surface area (Å²) in [5.41, 5.74) is 0.